The fraction of sp³-hybridized carbons (Fsp3) is 0.294. The van der Waals surface area contributed by atoms with Gasteiger partial charge in [0.25, 0.3) is 0 Å². The lowest BCUT2D eigenvalue weighted by molar-refractivity contribution is 0.100. The smallest absolute Gasteiger partial charge is 0.319 e. The molecule has 2 aromatic rings. The summed E-state index contributed by atoms with van der Waals surface area (Å²) < 4.78 is 11.7. The van der Waals surface area contributed by atoms with E-state index >= 15 is 0 Å². The number of ether oxygens (including phenoxy) is 2. The second kappa shape index (κ2) is 7.63. The highest BCUT2D eigenvalue weighted by molar-refractivity contribution is 9.10. The maximum Gasteiger partial charge on any atom is 0.319 e. The van der Waals surface area contributed by atoms with E-state index in [0.29, 0.717) is 12.3 Å². The number of methoxy groups -OCH3 is 1. The van der Waals surface area contributed by atoms with E-state index < -0.39 is 0 Å². The average molecular weight is 392 g/mol. The summed E-state index contributed by atoms with van der Waals surface area (Å²) in [6, 6.07) is 8.84. The van der Waals surface area contributed by atoms with Crippen LogP contribution in [0.3, 0.4) is 0 Å². The molecule has 0 unspecified atom stereocenters. The molecule has 0 radical (unpaired) electrons. The van der Waals surface area contributed by atoms with Crippen LogP contribution >= 0.6 is 15.9 Å². The van der Waals surface area contributed by atoms with Crippen LogP contribution in [0, 0.1) is 0 Å². The first kappa shape index (κ1) is 16.7. The van der Waals surface area contributed by atoms with Crippen molar-refractivity contribution in [1.82, 2.24) is 10.3 Å². The molecule has 0 aliphatic carbocycles. The van der Waals surface area contributed by atoms with Crippen LogP contribution in [0.25, 0.3) is 0 Å². The third-order valence-electron chi connectivity index (χ3n) is 3.87. The predicted octanol–water partition coefficient (Wildman–Crippen LogP) is 3.50. The number of hydrogen-bond donors (Lipinski definition) is 2. The Morgan fingerprint density at radius 2 is 2.12 bits per heavy atom. The van der Waals surface area contributed by atoms with Crippen molar-refractivity contribution in [3.8, 4) is 5.75 Å². The van der Waals surface area contributed by atoms with Crippen LogP contribution in [0.2, 0.25) is 0 Å². The molecule has 1 aromatic heterocycles. The van der Waals surface area contributed by atoms with Crippen molar-refractivity contribution in [2.75, 3.05) is 19.0 Å². The van der Waals surface area contributed by atoms with Gasteiger partial charge in [-0.1, -0.05) is 0 Å². The van der Waals surface area contributed by atoms with Gasteiger partial charge in [0.1, 0.15) is 11.9 Å². The molecule has 6 nitrogen and oxygen atoms in total. The largest absolute Gasteiger partial charge is 0.497 e. The summed E-state index contributed by atoms with van der Waals surface area (Å²) >= 11 is 3.42. The molecule has 2 atom stereocenters. The van der Waals surface area contributed by atoms with Crippen LogP contribution in [0.4, 0.5) is 10.5 Å². The van der Waals surface area contributed by atoms with E-state index in [1.807, 2.05) is 12.1 Å². The Hall–Kier alpha value is -2.12. The number of amides is 2. The molecule has 24 heavy (non-hydrogen) atoms. The Labute approximate surface area is 148 Å². The van der Waals surface area contributed by atoms with Gasteiger partial charge in [-0.25, -0.2) is 4.79 Å². The van der Waals surface area contributed by atoms with Crippen molar-refractivity contribution >= 4 is 27.6 Å². The van der Waals surface area contributed by atoms with Crippen LogP contribution in [0.15, 0.2) is 47.2 Å². The van der Waals surface area contributed by atoms with Gasteiger partial charge in [0.15, 0.2) is 0 Å². The number of carbonyl (C=O) groups is 1. The molecule has 0 saturated carbocycles. The van der Waals surface area contributed by atoms with E-state index in [2.05, 4.69) is 31.5 Å². The van der Waals surface area contributed by atoms with Crippen LogP contribution in [-0.2, 0) is 4.74 Å². The molecule has 7 heteroatoms. The molecule has 3 rings (SSSR count). The molecule has 1 saturated heterocycles. The van der Waals surface area contributed by atoms with Gasteiger partial charge in [-0.2, -0.15) is 0 Å². The first-order chi connectivity index (χ1) is 11.7. The zero-order valence-electron chi connectivity index (χ0n) is 13.2. The minimum atomic E-state index is -0.268. The number of urea groups is 1. The molecule has 1 aliphatic heterocycles. The van der Waals surface area contributed by atoms with Gasteiger partial charge >= 0.3 is 6.03 Å². The van der Waals surface area contributed by atoms with Gasteiger partial charge < -0.3 is 20.1 Å². The molecule has 1 fully saturated rings. The Morgan fingerprint density at radius 1 is 1.33 bits per heavy atom. The lowest BCUT2D eigenvalue weighted by Crippen LogP contribution is -2.39. The van der Waals surface area contributed by atoms with Crippen molar-refractivity contribution in [1.29, 1.82) is 0 Å². The normalized spacial score (nSPS) is 19.8. The fourth-order valence-corrected chi connectivity index (χ4v) is 3.13. The van der Waals surface area contributed by atoms with Crippen molar-refractivity contribution < 1.29 is 14.3 Å². The SMILES string of the molecule is COc1ccc(NC(=O)N[C@@H]2CCO[C@H]2c2ccncc2)c(Br)c1. The minimum Gasteiger partial charge on any atom is -0.497 e. The monoisotopic (exact) mass is 391 g/mol. The highest BCUT2D eigenvalue weighted by Gasteiger charge is 2.30. The highest BCUT2D eigenvalue weighted by Crippen LogP contribution is 2.30. The van der Waals surface area contributed by atoms with Crippen LogP contribution in [-0.4, -0.2) is 30.8 Å². The van der Waals surface area contributed by atoms with Crippen molar-refractivity contribution in [3.05, 3.63) is 52.8 Å². The van der Waals surface area contributed by atoms with E-state index in [1.54, 1.807) is 37.7 Å². The maximum atomic E-state index is 12.3. The fourth-order valence-electron chi connectivity index (χ4n) is 2.67. The van der Waals surface area contributed by atoms with Gasteiger partial charge in [-0.15, -0.1) is 0 Å². The quantitative estimate of drug-likeness (QED) is 0.836. The van der Waals surface area contributed by atoms with E-state index in [0.717, 1.165) is 22.2 Å². The zero-order valence-corrected chi connectivity index (χ0v) is 14.7. The van der Waals surface area contributed by atoms with Crippen molar-refractivity contribution in [3.63, 3.8) is 0 Å². The molecular formula is C17H18BrN3O3. The second-order valence-electron chi connectivity index (χ2n) is 5.41. The standard InChI is InChI=1S/C17H18BrN3O3/c1-23-12-2-3-14(13(18)10-12)20-17(22)21-15-6-9-24-16(15)11-4-7-19-8-5-11/h2-5,7-8,10,15-16H,6,9H2,1H3,(H2,20,21,22)/t15-,16+/m1/s1. The predicted molar refractivity (Wildman–Crippen MR) is 94.2 cm³/mol. The van der Waals surface area contributed by atoms with Gasteiger partial charge in [-0.3, -0.25) is 4.98 Å². The lowest BCUT2D eigenvalue weighted by Gasteiger charge is -2.20. The lowest BCUT2D eigenvalue weighted by atomic mass is 10.0. The molecule has 2 N–H and O–H groups in total. The number of anilines is 1. The molecule has 0 spiro atoms. The van der Waals surface area contributed by atoms with Crippen LogP contribution in [0.1, 0.15) is 18.1 Å². The molecule has 0 bridgehead atoms. The van der Waals surface area contributed by atoms with E-state index in [-0.39, 0.29) is 18.2 Å². The summed E-state index contributed by atoms with van der Waals surface area (Å²) in [5.74, 6) is 0.717. The van der Waals surface area contributed by atoms with E-state index in [1.165, 1.54) is 0 Å². The average Bonchev–Trinajstić information content (AvgIpc) is 3.05. The summed E-state index contributed by atoms with van der Waals surface area (Å²) in [7, 11) is 1.60. The molecule has 126 valence electrons. The number of nitrogens with zero attached hydrogens (tertiary/aromatic N) is 1. The van der Waals surface area contributed by atoms with Crippen LogP contribution in [0.5, 0.6) is 5.75 Å². The third-order valence-corrected chi connectivity index (χ3v) is 4.52. The topological polar surface area (TPSA) is 72.5 Å². The zero-order chi connectivity index (χ0) is 16.9. The van der Waals surface area contributed by atoms with Gasteiger partial charge in [-0.05, 0) is 58.2 Å². The highest BCUT2D eigenvalue weighted by atomic mass is 79.9. The first-order valence-corrected chi connectivity index (χ1v) is 8.39. The number of rotatable bonds is 4. The number of benzene rings is 1. The summed E-state index contributed by atoms with van der Waals surface area (Å²) in [5.41, 5.74) is 1.69. The molecule has 2 heterocycles. The van der Waals surface area contributed by atoms with Gasteiger partial charge in [0, 0.05) is 23.5 Å². The molecule has 1 aliphatic rings. The molecule has 2 amide bonds. The number of aromatic nitrogens is 1. The summed E-state index contributed by atoms with van der Waals surface area (Å²) in [6.45, 7) is 0.615. The Kier molecular flexibility index (Phi) is 5.32. The molecule has 1 aromatic carbocycles. The van der Waals surface area contributed by atoms with Crippen molar-refractivity contribution in [2.24, 2.45) is 0 Å². The second-order valence-corrected chi connectivity index (χ2v) is 6.27. The number of hydrogen-bond acceptors (Lipinski definition) is 4. The Balaban J connectivity index is 1.64. The van der Waals surface area contributed by atoms with E-state index in [4.69, 9.17) is 9.47 Å². The third kappa shape index (κ3) is 3.85. The van der Waals surface area contributed by atoms with Crippen molar-refractivity contribution in [2.45, 2.75) is 18.6 Å². The Morgan fingerprint density at radius 3 is 2.83 bits per heavy atom. The van der Waals surface area contributed by atoms with Crippen LogP contribution < -0.4 is 15.4 Å². The minimum absolute atomic E-state index is 0.0792. The number of halogens is 1. The summed E-state index contributed by atoms with van der Waals surface area (Å²) in [4.78, 5) is 16.3. The summed E-state index contributed by atoms with van der Waals surface area (Å²) in [6.07, 6.45) is 4.06. The number of carbonyl (C=O) groups excluding carboxylic acids is 1. The number of nitrogens with one attached hydrogen (secondary N) is 2. The van der Waals surface area contributed by atoms with E-state index in [9.17, 15) is 4.79 Å². The number of pyridine rings is 1. The first-order valence-electron chi connectivity index (χ1n) is 7.60. The van der Waals surface area contributed by atoms with Gasteiger partial charge in [0.2, 0.25) is 0 Å². The molecular weight excluding hydrogens is 374 g/mol. The summed E-state index contributed by atoms with van der Waals surface area (Å²) in [5, 5.41) is 5.82. The maximum absolute atomic E-state index is 12.3. The Bertz CT molecular complexity index is 711. The van der Waals surface area contributed by atoms with Gasteiger partial charge in [0.05, 0.1) is 18.8 Å².